The molecule has 3 aromatic rings. The molecule has 0 aromatic heterocycles. The van der Waals surface area contributed by atoms with E-state index < -0.39 is 13.0 Å². The van der Waals surface area contributed by atoms with Gasteiger partial charge in [0.1, 0.15) is 6.21 Å². The molecule has 0 unspecified atom stereocenters. The van der Waals surface area contributed by atoms with E-state index in [4.69, 9.17) is 9.59 Å². The number of nitrogens with zero attached hydrogens (tertiary/aromatic N) is 2. The van der Waals surface area contributed by atoms with E-state index in [1.807, 2.05) is 54.6 Å². The minimum atomic E-state index is -2.41. The largest absolute Gasteiger partial charge is 0.462 e. The number of ether oxygens (including phenoxy) is 1. The Morgan fingerprint density at radius 1 is 0.815 bits per heavy atom. The van der Waals surface area contributed by atoms with Crippen molar-refractivity contribution in [1.82, 2.24) is 0 Å². The van der Waals surface area contributed by atoms with Crippen LogP contribution in [0.3, 0.4) is 0 Å². The zero-order valence-electron chi connectivity index (χ0n) is 15.1. The molecule has 3 aromatic carbocycles. The SMILES string of the molecule is CCOC(=O)/C=N/N=P(c1ccccc1)(c1ccccc1)c1ccccc1. The second-order valence-electron chi connectivity index (χ2n) is 5.73. The average Bonchev–Trinajstić information content (AvgIpc) is 2.73. The molecule has 0 atom stereocenters. The highest BCUT2D eigenvalue weighted by atomic mass is 31.2. The van der Waals surface area contributed by atoms with Gasteiger partial charge in [-0.15, -0.1) is 0 Å². The van der Waals surface area contributed by atoms with Crippen molar-refractivity contribution in [2.45, 2.75) is 6.92 Å². The first-order valence-corrected chi connectivity index (χ1v) is 10.5. The standard InChI is InChI=1S/C22H21N2O2P/c1-2-26-22(25)18-23-24-27(19-12-6-3-7-13-19,20-14-8-4-9-15-20)21-16-10-5-11-17-21/h3-18H,2H2,1H3/b23-18+. The van der Waals surface area contributed by atoms with Gasteiger partial charge in [0.25, 0.3) is 0 Å². The quantitative estimate of drug-likeness (QED) is 0.285. The van der Waals surface area contributed by atoms with Gasteiger partial charge in [0, 0.05) is 15.9 Å². The Hall–Kier alpha value is -2.97. The zero-order valence-corrected chi connectivity index (χ0v) is 16.0. The fraction of sp³-hybridized carbons (Fsp3) is 0.0909. The van der Waals surface area contributed by atoms with Gasteiger partial charge in [-0.05, 0) is 6.92 Å². The van der Waals surface area contributed by atoms with E-state index in [0.717, 1.165) is 22.1 Å². The number of benzene rings is 3. The third-order valence-corrected chi connectivity index (χ3v) is 7.53. The summed E-state index contributed by atoms with van der Waals surface area (Å²) in [6, 6.07) is 30.3. The van der Waals surface area contributed by atoms with E-state index in [2.05, 4.69) is 41.5 Å². The lowest BCUT2D eigenvalue weighted by Crippen LogP contribution is -2.25. The lowest BCUT2D eigenvalue weighted by molar-refractivity contribution is -0.134. The van der Waals surface area contributed by atoms with Crippen LogP contribution in [0.25, 0.3) is 0 Å². The van der Waals surface area contributed by atoms with Gasteiger partial charge in [-0.25, -0.2) is 4.79 Å². The van der Waals surface area contributed by atoms with E-state index in [9.17, 15) is 4.79 Å². The van der Waals surface area contributed by atoms with Gasteiger partial charge in [-0.2, -0.15) is 9.96 Å². The first-order chi connectivity index (χ1) is 13.3. The van der Waals surface area contributed by atoms with Crippen LogP contribution in [0.1, 0.15) is 6.92 Å². The minimum Gasteiger partial charge on any atom is -0.462 e. The van der Waals surface area contributed by atoms with Crippen molar-refractivity contribution < 1.29 is 9.53 Å². The number of rotatable bonds is 6. The molecule has 0 aliphatic carbocycles. The second-order valence-corrected chi connectivity index (χ2v) is 8.73. The van der Waals surface area contributed by atoms with Crippen LogP contribution in [0.15, 0.2) is 101 Å². The van der Waals surface area contributed by atoms with Gasteiger partial charge >= 0.3 is 5.97 Å². The predicted octanol–water partition coefficient (Wildman–Crippen LogP) is 3.71. The van der Waals surface area contributed by atoms with E-state index in [0.29, 0.717) is 6.61 Å². The lowest BCUT2D eigenvalue weighted by atomic mass is 10.4. The van der Waals surface area contributed by atoms with E-state index in [-0.39, 0.29) is 0 Å². The van der Waals surface area contributed by atoms with E-state index >= 15 is 0 Å². The summed E-state index contributed by atoms with van der Waals surface area (Å²) in [5.74, 6) is -0.492. The first kappa shape index (κ1) is 18.8. The summed E-state index contributed by atoms with van der Waals surface area (Å²) in [4.78, 5) is 16.5. The van der Waals surface area contributed by atoms with Crippen molar-refractivity contribution in [3.05, 3.63) is 91.0 Å². The average molecular weight is 376 g/mol. The number of carbonyl (C=O) groups excluding carboxylic acids is 1. The Morgan fingerprint density at radius 2 is 1.22 bits per heavy atom. The van der Waals surface area contributed by atoms with Gasteiger partial charge in [-0.1, -0.05) is 91.0 Å². The molecule has 0 N–H and O–H groups in total. The molecule has 0 fully saturated rings. The highest BCUT2D eigenvalue weighted by molar-refractivity contribution is 7.87. The molecule has 0 spiro atoms. The van der Waals surface area contributed by atoms with Crippen LogP contribution in [0.5, 0.6) is 0 Å². The van der Waals surface area contributed by atoms with Gasteiger partial charge in [0.2, 0.25) is 0 Å². The highest BCUT2D eigenvalue weighted by Gasteiger charge is 2.27. The molecule has 0 aliphatic rings. The molecule has 0 saturated carbocycles. The number of hydrogen-bond donors (Lipinski definition) is 0. The van der Waals surface area contributed by atoms with E-state index in [1.165, 1.54) is 0 Å². The topological polar surface area (TPSA) is 51.0 Å². The molecule has 5 heteroatoms. The summed E-state index contributed by atoms with van der Waals surface area (Å²) in [5, 5.41) is 7.38. The summed E-state index contributed by atoms with van der Waals surface area (Å²) in [7, 11) is -2.41. The maximum atomic E-state index is 11.7. The summed E-state index contributed by atoms with van der Waals surface area (Å²) in [6.07, 6.45) is 1.15. The number of esters is 1. The van der Waals surface area contributed by atoms with Crippen LogP contribution in [-0.4, -0.2) is 18.8 Å². The highest BCUT2D eigenvalue weighted by Crippen LogP contribution is 2.46. The van der Waals surface area contributed by atoms with Gasteiger partial charge in [0.15, 0.2) is 0 Å². The third kappa shape index (κ3) is 4.24. The van der Waals surface area contributed by atoms with E-state index in [1.54, 1.807) is 6.92 Å². The van der Waals surface area contributed by atoms with Gasteiger partial charge in [0.05, 0.1) is 13.7 Å². The fourth-order valence-electron chi connectivity index (χ4n) is 2.86. The second kappa shape index (κ2) is 9.11. The molecule has 0 heterocycles. The molecule has 0 aliphatic heterocycles. The maximum Gasteiger partial charge on any atom is 0.351 e. The van der Waals surface area contributed by atoms with Crippen molar-refractivity contribution in [3.8, 4) is 0 Å². The summed E-state index contributed by atoms with van der Waals surface area (Å²) >= 11 is 0. The molecule has 0 amide bonds. The molecule has 0 saturated heterocycles. The predicted molar refractivity (Wildman–Crippen MR) is 113 cm³/mol. The first-order valence-electron chi connectivity index (χ1n) is 8.75. The van der Waals surface area contributed by atoms with Gasteiger partial charge < -0.3 is 4.74 Å². The van der Waals surface area contributed by atoms with Gasteiger partial charge in [-0.3, -0.25) is 0 Å². The lowest BCUT2D eigenvalue weighted by Gasteiger charge is -2.25. The zero-order chi connectivity index (χ0) is 19.0. The molecule has 136 valence electrons. The van der Waals surface area contributed by atoms with Crippen LogP contribution in [0.2, 0.25) is 0 Å². The van der Waals surface area contributed by atoms with Crippen LogP contribution in [0, 0.1) is 0 Å². The van der Waals surface area contributed by atoms with Crippen LogP contribution in [0.4, 0.5) is 0 Å². The Labute approximate surface area is 159 Å². The number of hydrogen-bond acceptors (Lipinski definition) is 3. The molecular formula is C22H21N2O2P. The summed E-state index contributed by atoms with van der Waals surface area (Å²) < 4.78 is 4.94. The fourth-order valence-corrected chi connectivity index (χ4v) is 6.08. The van der Waals surface area contributed by atoms with Crippen molar-refractivity contribution in [1.29, 1.82) is 0 Å². The molecule has 0 radical (unpaired) electrons. The minimum absolute atomic E-state index is 0.307. The Kier molecular flexibility index (Phi) is 6.35. The molecule has 27 heavy (non-hydrogen) atoms. The molecule has 4 nitrogen and oxygen atoms in total. The third-order valence-electron chi connectivity index (χ3n) is 4.03. The Balaban J connectivity index is 2.28. The summed E-state index contributed by atoms with van der Waals surface area (Å²) in [5.41, 5.74) is 0. The molecular weight excluding hydrogens is 355 g/mol. The van der Waals surface area contributed by atoms with Crippen LogP contribution < -0.4 is 15.9 Å². The normalized spacial score (nSPS) is 11.3. The van der Waals surface area contributed by atoms with Crippen LogP contribution >= 0.6 is 7.05 Å². The Bertz CT molecular complexity index is 852. The van der Waals surface area contributed by atoms with Crippen LogP contribution in [-0.2, 0) is 9.53 Å². The van der Waals surface area contributed by atoms with Crippen molar-refractivity contribution in [2.75, 3.05) is 6.61 Å². The maximum absolute atomic E-state index is 11.7. The Morgan fingerprint density at radius 3 is 1.59 bits per heavy atom. The number of carbonyl (C=O) groups is 1. The molecule has 3 rings (SSSR count). The van der Waals surface area contributed by atoms with Crippen molar-refractivity contribution in [2.24, 2.45) is 9.96 Å². The molecule has 0 bridgehead atoms. The van der Waals surface area contributed by atoms with Crippen molar-refractivity contribution in [3.63, 3.8) is 0 Å². The smallest absolute Gasteiger partial charge is 0.351 e. The van der Waals surface area contributed by atoms with Crippen molar-refractivity contribution >= 4 is 35.2 Å². The monoisotopic (exact) mass is 376 g/mol. The summed E-state index contributed by atoms with van der Waals surface area (Å²) in [6.45, 7) is 2.07.